The molecule has 0 spiro atoms. The van der Waals surface area contributed by atoms with Crippen molar-refractivity contribution in [2.24, 2.45) is 0 Å². The predicted octanol–water partition coefficient (Wildman–Crippen LogP) is 5.34. The smallest absolute Gasteiger partial charge is 0.460 e. The summed E-state index contributed by atoms with van der Waals surface area (Å²) in [5.74, 6) is -15.2. The Labute approximate surface area is 138 Å². The van der Waals surface area contributed by atoms with Crippen LogP contribution in [0.3, 0.4) is 0 Å². The van der Waals surface area contributed by atoms with Crippen molar-refractivity contribution in [3.63, 3.8) is 0 Å². The molecule has 0 N–H and O–H groups in total. The number of hydrogen-bond acceptors (Lipinski definition) is 3. The van der Waals surface area contributed by atoms with E-state index in [1.807, 2.05) is 0 Å². The number of ether oxygens (including phenoxy) is 1. The Hall–Kier alpha value is -0.916. The molecule has 0 aromatic rings. The number of rotatable bonds is 7. The molecule has 0 amide bonds. The molecule has 0 fully saturated rings. The Bertz CT molecular complexity index is 477. The third-order valence-corrected chi connectivity index (χ3v) is 3.83. The van der Waals surface area contributed by atoms with E-state index in [0.29, 0.717) is 0 Å². The van der Waals surface area contributed by atoms with Gasteiger partial charge in [-0.15, -0.1) is 0 Å². The Morgan fingerprint density at radius 1 is 0.708 bits per heavy atom. The number of methoxy groups -OCH3 is 1. The van der Waals surface area contributed by atoms with Gasteiger partial charge in [-0.2, -0.15) is 30.7 Å². The molecule has 0 unspecified atom stereocenters. The van der Waals surface area contributed by atoms with Gasteiger partial charge in [0.1, 0.15) is 0 Å². The molecule has 0 aliphatic heterocycles. The van der Waals surface area contributed by atoms with Crippen molar-refractivity contribution in [2.75, 3.05) is 7.11 Å². The van der Waals surface area contributed by atoms with Gasteiger partial charge in [-0.3, -0.25) is 0 Å². The molecule has 0 aliphatic rings. The van der Waals surface area contributed by atoms with Gasteiger partial charge >= 0.3 is 24.0 Å². The lowest BCUT2D eigenvalue weighted by Gasteiger charge is -2.34. The maximum Gasteiger partial charge on any atom is 0.460 e. The van der Waals surface area contributed by atoms with Gasteiger partial charge in [0.2, 0.25) is 22.4 Å². The van der Waals surface area contributed by atoms with Crippen LogP contribution in [0.5, 0.6) is 0 Å². The highest BCUT2D eigenvalue weighted by molar-refractivity contribution is 6.70. The van der Waals surface area contributed by atoms with Crippen molar-refractivity contribution in [1.29, 1.82) is 0 Å². The van der Waals surface area contributed by atoms with Crippen LogP contribution >= 0.6 is 0 Å². The van der Waals surface area contributed by atoms with Crippen LogP contribution in [-0.4, -0.2) is 41.8 Å². The molecule has 0 aromatic carbocycles. The number of halogens is 7. The van der Waals surface area contributed by atoms with Gasteiger partial charge in [-0.05, 0) is 39.3 Å². The van der Waals surface area contributed by atoms with E-state index in [-0.39, 0.29) is 0 Å². The Morgan fingerprint density at radius 2 is 1.08 bits per heavy atom. The summed E-state index contributed by atoms with van der Waals surface area (Å²) < 4.78 is 107. The van der Waals surface area contributed by atoms with E-state index in [2.05, 4.69) is 4.74 Å². The molecule has 24 heavy (non-hydrogen) atoms. The van der Waals surface area contributed by atoms with E-state index >= 15 is 0 Å². The topological polar surface area (TPSA) is 27.7 Å². The van der Waals surface area contributed by atoms with E-state index in [0.717, 1.165) is 7.11 Å². The summed E-state index contributed by atoms with van der Waals surface area (Å²) in [5, 5.41) is 0. The Balaban J connectivity index is 6.42. The zero-order valence-electron chi connectivity index (χ0n) is 14.4. The van der Waals surface area contributed by atoms with Crippen LogP contribution in [0.25, 0.3) is 0 Å². The average Bonchev–Trinajstić information content (AvgIpc) is 2.29. The van der Waals surface area contributed by atoms with Gasteiger partial charge in [-0.25, -0.2) is 0 Å². The zero-order chi connectivity index (χ0) is 19.8. The summed E-state index contributed by atoms with van der Waals surface area (Å²) in [4.78, 5) is 0. The van der Waals surface area contributed by atoms with Gasteiger partial charge < -0.3 is 13.6 Å². The van der Waals surface area contributed by atoms with Gasteiger partial charge in [0.05, 0.1) is 7.11 Å². The number of allylic oxidation sites excluding steroid dienone is 1. The minimum Gasteiger partial charge on any atom is -0.538 e. The zero-order valence-corrected chi connectivity index (χ0v) is 16.4. The Morgan fingerprint density at radius 3 is 1.33 bits per heavy atom. The summed E-state index contributed by atoms with van der Waals surface area (Å²) >= 11 is 0. The third-order valence-electron chi connectivity index (χ3n) is 2.21. The van der Waals surface area contributed by atoms with Gasteiger partial charge in [-0.1, -0.05) is 0 Å². The second-order valence-electron chi connectivity index (χ2n) is 6.90. The van der Waals surface area contributed by atoms with E-state index in [1.54, 1.807) is 0 Å². The fraction of sp³-hybridized carbons (Fsp3) is 0.833. The first-order valence-corrected chi connectivity index (χ1v) is 13.6. The third kappa shape index (κ3) is 5.57. The van der Waals surface area contributed by atoms with Crippen molar-refractivity contribution < 1.29 is 44.3 Å². The molecule has 0 saturated heterocycles. The molecular formula is C12H21F7O3Si2. The molecule has 12 heteroatoms. The largest absolute Gasteiger partial charge is 0.538 e. The monoisotopic (exact) mass is 402 g/mol. The van der Waals surface area contributed by atoms with Crippen LogP contribution in [0.4, 0.5) is 30.7 Å². The molecule has 0 radical (unpaired) electrons. The SMILES string of the molecule is COC(O[Si](C)(C)C)=C(O[Si](C)(C)C)C(F)(F)C(F)(F)C(F)(F)F. The molecule has 0 bridgehead atoms. The van der Waals surface area contributed by atoms with Crippen molar-refractivity contribution in [3.8, 4) is 0 Å². The summed E-state index contributed by atoms with van der Waals surface area (Å²) in [6.45, 7) is 8.57. The fourth-order valence-electron chi connectivity index (χ4n) is 1.32. The lowest BCUT2D eigenvalue weighted by atomic mass is 10.1. The first-order valence-electron chi connectivity index (χ1n) is 6.75. The van der Waals surface area contributed by atoms with Crippen molar-refractivity contribution >= 4 is 16.6 Å². The van der Waals surface area contributed by atoms with Crippen LogP contribution in [0.15, 0.2) is 11.7 Å². The van der Waals surface area contributed by atoms with E-state index in [1.165, 1.54) is 39.3 Å². The summed E-state index contributed by atoms with van der Waals surface area (Å²) in [7, 11) is -4.85. The van der Waals surface area contributed by atoms with Crippen LogP contribution in [0, 0.1) is 0 Å². The predicted molar refractivity (Wildman–Crippen MR) is 78.8 cm³/mol. The van der Waals surface area contributed by atoms with E-state index in [4.69, 9.17) is 8.85 Å². The van der Waals surface area contributed by atoms with Gasteiger partial charge in [0.15, 0.2) is 0 Å². The summed E-state index contributed by atoms with van der Waals surface area (Å²) in [6, 6.07) is 0. The Kier molecular flexibility index (Phi) is 6.51. The quantitative estimate of drug-likeness (QED) is 0.327. The molecule has 3 nitrogen and oxygen atoms in total. The minimum atomic E-state index is -6.48. The lowest BCUT2D eigenvalue weighted by Crippen LogP contribution is -2.55. The maximum atomic E-state index is 14.1. The average molecular weight is 402 g/mol. The van der Waals surface area contributed by atoms with Crippen molar-refractivity contribution in [2.45, 2.75) is 57.3 Å². The highest BCUT2D eigenvalue weighted by Gasteiger charge is 2.76. The molecule has 0 rings (SSSR count). The molecule has 144 valence electrons. The molecule has 0 aromatic heterocycles. The van der Waals surface area contributed by atoms with E-state index < -0.39 is 46.4 Å². The van der Waals surface area contributed by atoms with Crippen LogP contribution in [0.2, 0.25) is 39.3 Å². The van der Waals surface area contributed by atoms with Gasteiger partial charge in [0.25, 0.3) is 0 Å². The fourth-order valence-corrected chi connectivity index (χ4v) is 2.88. The second kappa shape index (κ2) is 6.77. The molecule has 0 saturated carbocycles. The first-order chi connectivity index (χ1) is 10.3. The summed E-state index contributed by atoms with van der Waals surface area (Å²) in [6.07, 6.45) is -6.48. The highest BCUT2D eigenvalue weighted by Crippen LogP contribution is 2.51. The lowest BCUT2D eigenvalue weighted by molar-refractivity contribution is -0.350. The summed E-state index contributed by atoms with van der Waals surface area (Å²) in [5.41, 5.74) is 0. The van der Waals surface area contributed by atoms with Crippen molar-refractivity contribution in [1.82, 2.24) is 0 Å². The molecule has 0 heterocycles. The normalized spacial score (nSPS) is 15.8. The highest BCUT2D eigenvalue weighted by atomic mass is 28.4. The van der Waals surface area contributed by atoms with E-state index in [9.17, 15) is 30.7 Å². The number of hydrogen-bond donors (Lipinski definition) is 0. The first kappa shape index (κ1) is 23.1. The molecular weight excluding hydrogens is 381 g/mol. The standard InChI is InChI=1S/C12H21F7O3Si2/c1-20-9(22-24(5,6)7)8(21-23(2,3)4)10(13,14)11(15,16)12(17,18)19/h1-7H3. The molecule has 0 atom stereocenters. The molecule has 0 aliphatic carbocycles. The van der Waals surface area contributed by atoms with Gasteiger partial charge in [0, 0.05) is 0 Å². The second-order valence-corrected chi connectivity index (χ2v) is 15.8. The van der Waals surface area contributed by atoms with Crippen molar-refractivity contribution in [3.05, 3.63) is 11.7 Å². The van der Waals surface area contributed by atoms with Crippen LogP contribution < -0.4 is 0 Å². The number of alkyl halides is 7. The van der Waals surface area contributed by atoms with Crippen LogP contribution in [0.1, 0.15) is 0 Å². The maximum absolute atomic E-state index is 14.1. The van der Waals surface area contributed by atoms with Crippen LogP contribution in [-0.2, 0) is 13.6 Å². The minimum absolute atomic E-state index is 0.824.